The third-order valence-corrected chi connectivity index (χ3v) is 1.66. The molecule has 5 nitrogen and oxygen atoms in total. The summed E-state index contributed by atoms with van der Waals surface area (Å²) < 4.78 is 0. The average Bonchev–Trinajstić information content (AvgIpc) is 2.39. The fourth-order valence-corrected chi connectivity index (χ4v) is 1.02. The predicted molar refractivity (Wildman–Crippen MR) is 42.2 cm³/mol. The first-order valence-electron chi connectivity index (χ1n) is 3.07. The van der Waals surface area contributed by atoms with Crippen LogP contribution in [0.2, 0.25) is 0 Å². The number of hydrogen-bond donors (Lipinski definition) is 2. The highest BCUT2D eigenvalue weighted by molar-refractivity contribution is 7.13. The summed E-state index contributed by atoms with van der Waals surface area (Å²) in [6.45, 7) is 0.518. The van der Waals surface area contributed by atoms with Gasteiger partial charge in [0, 0.05) is 13.0 Å². The van der Waals surface area contributed by atoms with Crippen LogP contribution < -0.4 is 11.1 Å². The number of nitrogens with two attached hydrogens (primary N) is 1. The normalized spacial score (nSPS) is 9.45. The zero-order chi connectivity index (χ0) is 8.10. The first-order chi connectivity index (χ1) is 5.29. The zero-order valence-electron chi connectivity index (χ0n) is 5.78. The quantitative estimate of drug-likeness (QED) is 0.660. The fourth-order valence-electron chi connectivity index (χ4n) is 0.543. The topological polar surface area (TPSA) is 80.9 Å². The Hall–Kier alpha value is -1.17. The number of carbonyl (C=O) groups is 1. The fraction of sp³-hybridized carbons (Fsp3) is 0.400. The van der Waals surface area contributed by atoms with Crippen molar-refractivity contribution in [2.45, 2.75) is 6.42 Å². The van der Waals surface area contributed by atoms with Gasteiger partial charge in [-0.2, -0.15) is 0 Å². The highest BCUT2D eigenvalue weighted by Gasteiger charge is 1.96. The lowest BCUT2D eigenvalue weighted by Gasteiger charge is -1.96. The van der Waals surface area contributed by atoms with Crippen LogP contribution in [0.3, 0.4) is 0 Å². The molecule has 6 heteroatoms. The monoisotopic (exact) mass is 172 g/mol. The van der Waals surface area contributed by atoms with Gasteiger partial charge in [-0.3, -0.25) is 4.79 Å². The van der Waals surface area contributed by atoms with E-state index in [0.29, 0.717) is 18.1 Å². The molecular formula is C5H8N4OS. The van der Waals surface area contributed by atoms with Crippen LogP contribution in [0.1, 0.15) is 6.42 Å². The van der Waals surface area contributed by atoms with Crippen molar-refractivity contribution in [3.05, 3.63) is 5.51 Å². The van der Waals surface area contributed by atoms with Crippen molar-refractivity contribution in [1.82, 2.24) is 10.2 Å². The number of primary amides is 1. The zero-order valence-corrected chi connectivity index (χ0v) is 6.60. The summed E-state index contributed by atoms with van der Waals surface area (Å²) in [6, 6.07) is 0. The summed E-state index contributed by atoms with van der Waals surface area (Å²) in [7, 11) is 0. The second-order valence-corrected chi connectivity index (χ2v) is 2.72. The summed E-state index contributed by atoms with van der Waals surface area (Å²) >= 11 is 1.39. The van der Waals surface area contributed by atoms with Gasteiger partial charge in [-0.05, 0) is 0 Å². The number of aromatic nitrogens is 2. The van der Waals surface area contributed by atoms with Crippen molar-refractivity contribution in [1.29, 1.82) is 0 Å². The first kappa shape index (κ1) is 7.93. The number of nitrogens with zero attached hydrogens (tertiary/aromatic N) is 2. The van der Waals surface area contributed by atoms with Crippen molar-refractivity contribution in [2.75, 3.05) is 11.9 Å². The molecule has 1 amide bonds. The highest BCUT2D eigenvalue weighted by Crippen LogP contribution is 2.06. The molecule has 0 aliphatic heterocycles. The van der Waals surface area contributed by atoms with Gasteiger partial charge >= 0.3 is 0 Å². The van der Waals surface area contributed by atoms with E-state index in [2.05, 4.69) is 15.5 Å². The van der Waals surface area contributed by atoms with Gasteiger partial charge in [-0.1, -0.05) is 11.3 Å². The number of nitrogens with one attached hydrogen (secondary N) is 1. The molecule has 0 radical (unpaired) electrons. The molecule has 1 heterocycles. The largest absolute Gasteiger partial charge is 0.370 e. The van der Waals surface area contributed by atoms with Crippen LogP contribution in [0.25, 0.3) is 0 Å². The number of anilines is 1. The molecule has 11 heavy (non-hydrogen) atoms. The van der Waals surface area contributed by atoms with Crippen molar-refractivity contribution < 1.29 is 4.79 Å². The summed E-state index contributed by atoms with van der Waals surface area (Å²) in [6.07, 6.45) is 0.319. The highest BCUT2D eigenvalue weighted by atomic mass is 32.1. The van der Waals surface area contributed by atoms with Gasteiger partial charge in [0.05, 0.1) is 0 Å². The van der Waals surface area contributed by atoms with E-state index in [-0.39, 0.29) is 5.91 Å². The molecule has 0 bridgehead atoms. The Balaban J connectivity index is 2.19. The number of carbonyl (C=O) groups excluding carboxylic acids is 1. The molecule has 0 atom stereocenters. The van der Waals surface area contributed by atoms with Crippen LogP contribution >= 0.6 is 11.3 Å². The summed E-state index contributed by atoms with van der Waals surface area (Å²) in [5, 5.41) is 10.9. The molecule has 0 fully saturated rings. The van der Waals surface area contributed by atoms with Crippen LogP contribution in [0.4, 0.5) is 5.13 Å². The van der Waals surface area contributed by atoms with E-state index in [1.165, 1.54) is 11.3 Å². The molecule has 0 aliphatic rings. The van der Waals surface area contributed by atoms with Crippen LogP contribution in [0.15, 0.2) is 5.51 Å². The molecule has 0 aliphatic carbocycles. The molecule has 1 aromatic heterocycles. The summed E-state index contributed by atoms with van der Waals surface area (Å²) in [4.78, 5) is 10.3. The molecule has 0 saturated heterocycles. The Labute approximate surface area is 67.6 Å². The maximum absolute atomic E-state index is 10.3. The molecule has 3 N–H and O–H groups in total. The molecular weight excluding hydrogens is 164 g/mol. The molecule has 1 aromatic rings. The molecule has 0 spiro atoms. The molecule has 60 valence electrons. The van der Waals surface area contributed by atoms with Gasteiger partial charge in [0.2, 0.25) is 11.0 Å². The third kappa shape index (κ3) is 2.94. The number of rotatable bonds is 4. The van der Waals surface area contributed by atoms with E-state index < -0.39 is 0 Å². The van der Waals surface area contributed by atoms with Crippen molar-refractivity contribution >= 4 is 22.4 Å². The lowest BCUT2D eigenvalue weighted by atomic mass is 10.4. The van der Waals surface area contributed by atoms with E-state index in [9.17, 15) is 4.79 Å². The molecule has 1 rings (SSSR count). The maximum atomic E-state index is 10.3. The lowest BCUT2D eigenvalue weighted by Crippen LogP contribution is -2.15. The van der Waals surface area contributed by atoms with E-state index in [1.807, 2.05) is 0 Å². The summed E-state index contributed by atoms with van der Waals surface area (Å²) in [5.74, 6) is -0.318. The minimum absolute atomic E-state index is 0.318. The van der Waals surface area contributed by atoms with Crippen molar-refractivity contribution in [3.63, 3.8) is 0 Å². The number of amides is 1. The third-order valence-electron chi connectivity index (χ3n) is 1.01. The summed E-state index contributed by atoms with van der Waals surface area (Å²) in [5.41, 5.74) is 6.54. The number of hydrogen-bond acceptors (Lipinski definition) is 5. The standard InChI is InChI=1S/C5H8N4OS/c6-4(10)1-2-7-5-9-8-3-11-5/h3H,1-2H2,(H2,6,10)(H,7,9). The van der Waals surface area contributed by atoms with E-state index in [4.69, 9.17) is 5.73 Å². The van der Waals surface area contributed by atoms with Gasteiger partial charge in [0.1, 0.15) is 5.51 Å². The van der Waals surface area contributed by atoms with Crippen molar-refractivity contribution in [3.8, 4) is 0 Å². The van der Waals surface area contributed by atoms with Gasteiger partial charge in [-0.25, -0.2) is 0 Å². The van der Waals surface area contributed by atoms with Crippen LogP contribution in [0.5, 0.6) is 0 Å². The molecule has 0 unspecified atom stereocenters. The Morgan fingerprint density at radius 1 is 1.82 bits per heavy atom. The second kappa shape index (κ2) is 3.87. The molecule has 0 aromatic carbocycles. The van der Waals surface area contributed by atoms with E-state index in [0.717, 1.165) is 0 Å². The van der Waals surface area contributed by atoms with E-state index in [1.54, 1.807) is 5.51 Å². The average molecular weight is 172 g/mol. The van der Waals surface area contributed by atoms with Gasteiger partial charge < -0.3 is 11.1 Å². The van der Waals surface area contributed by atoms with E-state index >= 15 is 0 Å². The van der Waals surface area contributed by atoms with Crippen molar-refractivity contribution in [2.24, 2.45) is 5.73 Å². The first-order valence-corrected chi connectivity index (χ1v) is 3.95. The Kier molecular flexibility index (Phi) is 2.79. The Morgan fingerprint density at radius 3 is 3.18 bits per heavy atom. The van der Waals surface area contributed by atoms with Gasteiger partial charge in [0.25, 0.3) is 0 Å². The Morgan fingerprint density at radius 2 is 2.64 bits per heavy atom. The predicted octanol–water partition coefficient (Wildman–Crippen LogP) is -0.175. The minimum atomic E-state index is -0.318. The second-order valence-electron chi connectivity index (χ2n) is 1.89. The maximum Gasteiger partial charge on any atom is 0.219 e. The minimum Gasteiger partial charge on any atom is -0.370 e. The SMILES string of the molecule is NC(=O)CCNc1nncs1. The van der Waals surface area contributed by atoms with Gasteiger partial charge in [0.15, 0.2) is 0 Å². The molecule has 0 saturated carbocycles. The smallest absolute Gasteiger partial charge is 0.219 e. The lowest BCUT2D eigenvalue weighted by molar-refractivity contribution is -0.117. The van der Waals surface area contributed by atoms with Crippen LogP contribution in [0, 0.1) is 0 Å². The Bertz CT molecular complexity index is 222. The van der Waals surface area contributed by atoms with Crippen LogP contribution in [-0.2, 0) is 4.79 Å². The van der Waals surface area contributed by atoms with Gasteiger partial charge in [-0.15, -0.1) is 10.2 Å². The van der Waals surface area contributed by atoms with Crippen LogP contribution in [-0.4, -0.2) is 22.6 Å².